The first-order valence-electron chi connectivity index (χ1n) is 4.16. The molecule has 1 radical (unpaired) electrons. The maximum Gasteiger partial charge on any atom is 0.124 e. The summed E-state index contributed by atoms with van der Waals surface area (Å²) < 4.78 is 4.74. The Kier molecular flexibility index (Phi) is 2.13. The van der Waals surface area contributed by atoms with Crippen molar-refractivity contribution in [2.75, 3.05) is 0 Å². The van der Waals surface area contributed by atoms with Crippen LogP contribution in [0.25, 0.3) is 0 Å². The average molecular weight is 172 g/mol. The van der Waals surface area contributed by atoms with Crippen LogP contribution >= 0.6 is 0 Å². The van der Waals surface area contributed by atoms with E-state index in [1.165, 1.54) is 5.56 Å². The van der Waals surface area contributed by atoms with Gasteiger partial charge in [0.2, 0.25) is 0 Å². The average Bonchev–Trinajstić information content (AvgIpc) is 2.57. The van der Waals surface area contributed by atoms with Gasteiger partial charge in [-0.05, 0) is 12.5 Å². The van der Waals surface area contributed by atoms with Crippen molar-refractivity contribution < 1.29 is 4.52 Å². The molecule has 2 nitrogen and oxygen atoms in total. The van der Waals surface area contributed by atoms with E-state index in [9.17, 15) is 0 Å². The van der Waals surface area contributed by atoms with Crippen LogP contribution in [0.1, 0.15) is 16.8 Å². The Balaban J connectivity index is 2.19. The molecule has 1 aromatic heterocycles. The van der Waals surface area contributed by atoms with Crippen LogP contribution in [-0.2, 0) is 0 Å². The summed E-state index contributed by atoms with van der Waals surface area (Å²) in [5.74, 6) is 0. The SMILES string of the molecule is Cc1cccc([CH]c2ccon2)c1. The van der Waals surface area contributed by atoms with Crippen LogP contribution < -0.4 is 0 Å². The lowest BCUT2D eigenvalue weighted by molar-refractivity contribution is 0.416. The van der Waals surface area contributed by atoms with Gasteiger partial charge in [0.15, 0.2) is 0 Å². The molecule has 2 heteroatoms. The maximum atomic E-state index is 4.74. The molecule has 0 saturated heterocycles. The largest absolute Gasteiger partial charge is 0.364 e. The number of hydrogen-bond acceptors (Lipinski definition) is 2. The summed E-state index contributed by atoms with van der Waals surface area (Å²) in [5, 5.41) is 3.81. The minimum Gasteiger partial charge on any atom is -0.364 e. The van der Waals surface area contributed by atoms with Crippen LogP contribution in [-0.4, -0.2) is 5.16 Å². The van der Waals surface area contributed by atoms with Crippen LogP contribution in [0.15, 0.2) is 41.1 Å². The molecule has 0 saturated carbocycles. The Hall–Kier alpha value is -1.57. The molecule has 0 amide bonds. The van der Waals surface area contributed by atoms with Gasteiger partial charge in [-0.2, -0.15) is 0 Å². The summed E-state index contributed by atoms with van der Waals surface area (Å²) in [6.45, 7) is 2.07. The van der Waals surface area contributed by atoms with Gasteiger partial charge < -0.3 is 4.52 Å². The van der Waals surface area contributed by atoms with Crippen molar-refractivity contribution in [3.05, 3.63) is 59.8 Å². The summed E-state index contributed by atoms with van der Waals surface area (Å²) in [5.41, 5.74) is 3.25. The lowest BCUT2D eigenvalue weighted by atomic mass is 10.1. The van der Waals surface area contributed by atoms with Crippen LogP contribution in [0.5, 0.6) is 0 Å². The normalized spacial score (nSPS) is 10.2. The van der Waals surface area contributed by atoms with Crippen molar-refractivity contribution in [3.63, 3.8) is 0 Å². The van der Waals surface area contributed by atoms with Crippen LogP contribution in [0.4, 0.5) is 0 Å². The highest BCUT2D eigenvalue weighted by Gasteiger charge is 1.99. The predicted molar refractivity (Wildman–Crippen MR) is 50.2 cm³/mol. The Morgan fingerprint density at radius 2 is 2.23 bits per heavy atom. The molecule has 13 heavy (non-hydrogen) atoms. The molecule has 1 heterocycles. The second-order valence-corrected chi connectivity index (χ2v) is 2.98. The number of hydrogen-bond donors (Lipinski definition) is 0. The second kappa shape index (κ2) is 3.44. The van der Waals surface area contributed by atoms with Crippen LogP contribution in [0.3, 0.4) is 0 Å². The van der Waals surface area contributed by atoms with Gasteiger partial charge >= 0.3 is 0 Å². The molecule has 0 spiro atoms. The van der Waals surface area contributed by atoms with Crippen molar-refractivity contribution in [2.45, 2.75) is 6.92 Å². The Labute approximate surface area is 77.2 Å². The highest BCUT2D eigenvalue weighted by Crippen LogP contribution is 2.11. The van der Waals surface area contributed by atoms with E-state index in [4.69, 9.17) is 4.52 Å². The molecule has 0 fully saturated rings. The molecule has 0 aliphatic heterocycles. The third-order valence-electron chi connectivity index (χ3n) is 1.81. The molecule has 0 aliphatic rings. The van der Waals surface area contributed by atoms with Crippen molar-refractivity contribution >= 4 is 0 Å². The van der Waals surface area contributed by atoms with Gasteiger partial charge in [0.05, 0.1) is 5.69 Å². The zero-order valence-electron chi connectivity index (χ0n) is 7.40. The second-order valence-electron chi connectivity index (χ2n) is 2.98. The highest BCUT2D eigenvalue weighted by molar-refractivity contribution is 5.34. The van der Waals surface area contributed by atoms with E-state index >= 15 is 0 Å². The summed E-state index contributed by atoms with van der Waals surface area (Å²) in [6, 6.07) is 10.1. The van der Waals surface area contributed by atoms with Gasteiger partial charge in [-0.25, -0.2) is 0 Å². The Morgan fingerprint density at radius 3 is 2.92 bits per heavy atom. The molecule has 0 aliphatic carbocycles. The van der Waals surface area contributed by atoms with Gasteiger partial charge in [-0.3, -0.25) is 0 Å². The van der Waals surface area contributed by atoms with E-state index in [1.54, 1.807) is 6.26 Å². The molecular formula is C11H10NO. The lowest BCUT2D eigenvalue weighted by Crippen LogP contribution is -1.85. The van der Waals surface area contributed by atoms with E-state index in [2.05, 4.69) is 24.2 Å². The van der Waals surface area contributed by atoms with Gasteiger partial charge in [-0.1, -0.05) is 35.0 Å². The lowest BCUT2D eigenvalue weighted by Gasteiger charge is -1.97. The number of aromatic nitrogens is 1. The molecule has 0 bridgehead atoms. The molecule has 65 valence electrons. The minimum absolute atomic E-state index is 0.852. The standard InChI is InChI=1S/C11H10NO/c1-9-3-2-4-10(7-9)8-11-5-6-13-12-11/h2-8H,1H3. The summed E-state index contributed by atoms with van der Waals surface area (Å²) >= 11 is 0. The number of rotatable bonds is 2. The van der Waals surface area contributed by atoms with Crippen molar-refractivity contribution in [1.29, 1.82) is 0 Å². The Bertz CT molecular complexity index is 379. The number of nitrogens with zero attached hydrogens (tertiary/aromatic N) is 1. The summed E-state index contributed by atoms with van der Waals surface area (Å²) in [7, 11) is 0. The monoisotopic (exact) mass is 172 g/mol. The minimum atomic E-state index is 0.852. The zero-order chi connectivity index (χ0) is 9.10. The molecule has 0 unspecified atom stereocenters. The first kappa shape index (κ1) is 8.05. The predicted octanol–water partition coefficient (Wildman–Crippen LogP) is 2.58. The third-order valence-corrected chi connectivity index (χ3v) is 1.81. The van der Waals surface area contributed by atoms with Crippen LogP contribution in [0, 0.1) is 13.3 Å². The first-order valence-corrected chi connectivity index (χ1v) is 4.16. The topological polar surface area (TPSA) is 26.0 Å². The molecule has 1 aromatic carbocycles. The summed E-state index contributed by atoms with van der Waals surface area (Å²) in [6.07, 6.45) is 3.55. The fraction of sp³-hybridized carbons (Fsp3) is 0.0909. The quantitative estimate of drug-likeness (QED) is 0.695. The Morgan fingerprint density at radius 1 is 1.31 bits per heavy atom. The maximum absolute atomic E-state index is 4.74. The summed E-state index contributed by atoms with van der Waals surface area (Å²) in [4.78, 5) is 0. The van der Waals surface area contributed by atoms with Gasteiger partial charge in [-0.15, -0.1) is 0 Å². The van der Waals surface area contributed by atoms with Gasteiger partial charge in [0.25, 0.3) is 0 Å². The van der Waals surface area contributed by atoms with E-state index < -0.39 is 0 Å². The number of benzene rings is 1. The van der Waals surface area contributed by atoms with E-state index in [0.717, 1.165) is 11.3 Å². The molecule has 0 atom stereocenters. The van der Waals surface area contributed by atoms with Gasteiger partial charge in [0, 0.05) is 12.5 Å². The van der Waals surface area contributed by atoms with Crippen molar-refractivity contribution in [2.24, 2.45) is 0 Å². The third kappa shape index (κ3) is 1.96. The zero-order valence-corrected chi connectivity index (χ0v) is 7.40. The smallest absolute Gasteiger partial charge is 0.124 e. The number of aryl methyl sites for hydroxylation is 1. The van der Waals surface area contributed by atoms with E-state index in [1.807, 2.05) is 24.6 Å². The fourth-order valence-electron chi connectivity index (χ4n) is 1.23. The first-order chi connectivity index (χ1) is 6.34. The van der Waals surface area contributed by atoms with Crippen molar-refractivity contribution in [3.8, 4) is 0 Å². The fourth-order valence-corrected chi connectivity index (χ4v) is 1.23. The molecular weight excluding hydrogens is 162 g/mol. The van der Waals surface area contributed by atoms with Gasteiger partial charge in [0.1, 0.15) is 6.26 Å². The molecule has 2 aromatic rings. The van der Waals surface area contributed by atoms with Crippen LogP contribution in [0.2, 0.25) is 0 Å². The highest BCUT2D eigenvalue weighted by atomic mass is 16.5. The molecule has 2 rings (SSSR count). The molecule has 0 N–H and O–H groups in total. The van der Waals surface area contributed by atoms with E-state index in [0.29, 0.717) is 0 Å². The van der Waals surface area contributed by atoms with Crippen molar-refractivity contribution in [1.82, 2.24) is 5.16 Å². The van der Waals surface area contributed by atoms with E-state index in [-0.39, 0.29) is 0 Å².